The molecular weight excluding hydrogens is 304 g/mol. The molecule has 1 aromatic carbocycles. The lowest BCUT2D eigenvalue weighted by Gasteiger charge is -2.07. The van der Waals surface area contributed by atoms with Crippen molar-refractivity contribution in [3.63, 3.8) is 0 Å². The van der Waals surface area contributed by atoms with Crippen LogP contribution in [-0.4, -0.2) is 22.8 Å². The maximum atomic E-state index is 13.5. The summed E-state index contributed by atoms with van der Waals surface area (Å²) in [5, 5.41) is 5.06. The van der Waals surface area contributed by atoms with Gasteiger partial charge in [0.15, 0.2) is 0 Å². The van der Waals surface area contributed by atoms with Crippen LogP contribution in [0.4, 0.5) is 14.5 Å². The fourth-order valence-electron chi connectivity index (χ4n) is 1.95. The molecule has 0 aliphatic heterocycles. The zero-order chi connectivity index (χ0) is 16.4. The molecule has 1 saturated carbocycles. The average Bonchev–Trinajstić information content (AvgIpc) is 3.34. The van der Waals surface area contributed by atoms with Gasteiger partial charge in [-0.15, -0.1) is 0 Å². The summed E-state index contributed by atoms with van der Waals surface area (Å²) in [5.74, 6) is -2.66. The molecule has 0 saturated heterocycles. The second-order valence-electron chi connectivity index (χ2n) is 5.23. The standard InChI is InChI=1S/C16H13F2N3O2/c17-9-4-7-12(11(18)8-9)21-16(23)14-3-1-2-13(20-14)15(22)19-10-5-6-10/h1-4,7-8,10H,5-6H2,(H,19,22)(H,21,23). The third-order valence-electron chi connectivity index (χ3n) is 3.31. The summed E-state index contributed by atoms with van der Waals surface area (Å²) in [6, 6.07) is 7.41. The van der Waals surface area contributed by atoms with Crippen LogP contribution >= 0.6 is 0 Å². The SMILES string of the molecule is O=C(Nc1ccc(F)cc1F)c1cccc(C(=O)NC2CC2)n1. The van der Waals surface area contributed by atoms with E-state index in [4.69, 9.17) is 0 Å². The minimum Gasteiger partial charge on any atom is -0.348 e. The highest BCUT2D eigenvalue weighted by atomic mass is 19.1. The Morgan fingerprint density at radius 1 is 1.04 bits per heavy atom. The molecule has 0 radical (unpaired) electrons. The normalized spacial score (nSPS) is 13.5. The summed E-state index contributed by atoms with van der Waals surface area (Å²) in [6.07, 6.45) is 1.88. The molecule has 0 spiro atoms. The van der Waals surface area contributed by atoms with Crippen molar-refractivity contribution in [1.29, 1.82) is 0 Å². The van der Waals surface area contributed by atoms with Crippen LogP contribution in [0.3, 0.4) is 0 Å². The molecule has 23 heavy (non-hydrogen) atoms. The van der Waals surface area contributed by atoms with E-state index in [0.717, 1.165) is 25.0 Å². The quantitative estimate of drug-likeness (QED) is 0.910. The highest BCUT2D eigenvalue weighted by Crippen LogP contribution is 2.19. The van der Waals surface area contributed by atoms with Gasteiger partial charge in [-0.2, -0.15) is 0 Å². The maximum absolute atomic E-state index is 13.5. The lowest BCUT2D eigenvalue weighted by Crippen LogP contribution is -2.27. The largest absolute Gasteiger partial charge is 0.348 e. The number of carbonyl (C=O) groups excluding carboxylic acids is 2. The molecular formula is C16H13F2N3O2. The highest BCUT2D eigenvalue weighted by molar-refractivity contribution is 6.03. The number of hydrogen-bond acceptors (Lipinski definition) is 3. The van der Waals surface area contributed by atoms with Gasteiger partial charge in [-0.25, -0.2) is 13.8 Å². The first kappa shape index (κ1) is 15.1. The Morgan fingerprint density at radius 3 is 2.39 bits per heavy atom. The third kappa shape index (κ3) is 3.68. The Kier molecular flexibility index (Phi) is 4.01. The predicted octanol–water partition coefficient (Wildman–Crippen LogP) is 2.50. The number of pyridine rings is 1. The second kappa shape index (κ2) is 6.12. The Labute approximate surface area is 130 Å². The van der Waals surface area contributed by atoms with Gasteiger partial charge < -0.3 is 10.6 Å². The van der Waals surface area contributed by atoms with Crippen molar-refractivity contribution in [1.82, 2.24) is 10.3 Å². The summed E-state index contributed by atoms with van der Waals surface area (Å²) in [4.78, 5) is 28.0. The van der Waals surface area contributed by atoms with E-state index in [2.05, 4.69) is 15.6 Å². The van der Waals surface area contributed by atoms with E-state index in [-0.39, 0.29) is 29.0 Å². The molecule has 0 atom stereocenters. The molecule has 2 amide bonds. The van der Waals surface area contributed by atoms with Gasteiger partial charge in [0, 0.05) is 12.1 Å². The smallest absolute Gasteiger partial charge is 0.274 e. The van der Waals surface area contributed by atoms with E-state index in [0.29, 0.717) is 6.07 Å². The van der Waals surface area contributed by atoms with E-state index >= 15 is 0 Å². The van der Waals surface area contributed by atoms with Crippen LogP contribution in [0.1, 0.15) is 33.8 Å². The van der Waals surface area contributed by atoms with Crippen LogP contribution in [-0.2, 0) is 0 Å². The van der Waals surface area contributed by atoms with Gasteiger partial charge in [0.05, 0.1) is 5.69 Å². The van der Waals surface area contributed by atoms with Crippen molar-refractivity contribution in [2.24, 2.45) is 0 Å². The molecule has 0 unspecified atom stereocenters. The van der Waals surface area contributed by atoms with Gasteiger partial charge in [0.2, 0.25) is 0 Å². The summed E-state index contributed by atoms with van der Waals surface area (Å²) in [5.41, 5.74) is -0.0765. The van der Waals surface area contributed by atoms with E-state index in [1.807, 2.05) is 0 Å². The fraction of sp³-hybridized carbons (Fsp3) is 0.188. The molecule has 118 valence electrons. The summed E-state index contributed by atoms with van der Waals surface area (Å²) in [6.45, 7) is 0. The van der Waals surface area contributed by atoms with Gasteiger partial charge in [0.1, 0.15) is 23.0 Å². The molecule has 1 aliphatic carbocycles. The maximum Gasteiger partial charge on any atom is 0.274 e. The molecule has 7 heteroatoms. The number of halogens is 2. The first-order chi connectivity index (χ1) is 11.0. The zero-order valence-electron chi connectivity index (χ0n) is 12.0. The van der Waals surface area contributed by atoms with Crippen molar-refractivity contribution in [2.75, 3.05) is 5.32 Å². The number of carbonyl (C=O) groups is 2. The van der Waals surface area contributed by atoms with E-state index in [1.165, 1.54) is 18.2 Å². The number of nitrogens with zero attached hydrogens (tertiary/aromatic N) is 1. The van der Waals surface area contributed by atoms with E-state index in [9.17, 15) is 18.4 Å². The molecule has 0 bridgehead atoms. The molecule has 5 nitrogen and oxygen atoms in total. The first-order valence-corrected chi connectivity index (χ1v) is 7.07. The highest BCUT2D eigenvalue weighted by Gasteiger charge is 2.24. The number of amides is 2. The number of rotatable bonds is 4. The molecule has 2 aromatic rings. The lowest BCUT2D eigenvalue weighted by atomic mass is 10.2. The molecule has 2 N–H and O–H groups in total. The number of hydrogen-bond donors (Lipinski definition) is 2. The van der Waals surface area contributed by atoms with Gasteiger partial charge in [-0.3, -0.25) is 9.59 Å². The van der Waals surface area contributed by atoms with E-state index in [1.54, 1.807) is 0 Å². The lowest BCUT2D eigenvalue weighted by molar-refractivity contribution is 0.0946. The minimum absolute atomic E-state index is 0.0304. The van der Waals surface area contributed by atoms with Gasteiger partial charge in [0.25, 0.3) is 11.8 Å². The zero-order valence-corrected chi connectivity index (χ0v) is 12.0. The van der Waals surface area contributed by atoms with E-state index < -0.39 is 17.5 Å². The predicted molar refractivity (Wildman–Crippen MR) is 79.0 cm³/mol. The minimum atomic E-state index is -0.888. The Morgan fingerprint density at radius 2 is 1.74 bits per heavy atom. The summed E-state index contributed by atoms with van der Waals surface area (Å²) < 4.78 is 26.4. The molecule has 3 rings (SSSR count). The Bertz CT molecular complexity index is 776. The summed E-state index contributed by atoms with van der Waals surface area (Å²) >= 11 is 0. The number of anilines is 1. The Hall–Kier alpha value is -2.83. The van der Waals surface area contributed by atoms with Crippen LogP contribution in [0.25, 0.3) is 0 Å². The van der Waals surface area contributed by atoms with Crippen molar-refractivity contribution >= 4 is 17.5 Å². The third-order valence-corrected chi connectivity index (χ3v) is 3.31. The second-order valence-corrected chi connectivity index (χ2v) is 5.23. The fourth-order valence-corrected chi connectivity index (χ4v) is 1.95. The average molecular weight is 317 g/mol. The van der Waals surface area contributed by atoms with Crippen LogP contribution in [0.15, 0.2) is 36.4 Å². The first-order valence-electron chi connectivity index (χ1n) is 7.07. The van der Waals surface area contributed by atoms with Crippen LogP contribution in [0.5, 0.6) is 0 Å². The Balaban J connectivity index is 1.75. The van der Waals surface area contributed by atoms with Gasteiger partial charge in [-0.1, -0.05) is 6.07 Å². The molecule has 1 fully saturated rings. The van der Waals surface area contributed by atoms with Crippen LogP contribution in [0.2, 0.25) is 0 Å². The number of aromatic nitrogens is 1. The number of nitrogens with one attached hydrogen (secondary N) is 2. The van der Waals surface area contributed by atoms with Crippen molar-refractivity contribution in [3.8, 4) is 0 Å². The topological polar surface area (TPSA) is 71.1 Å². The van der Waals surface area contributed by atoms with Crippen molar-refractivity contribution in [2.45, 2.75) is 18.9 Å². The van der Waals surface area contributed by atoms with Crippen LogP contribution in [0, 0.1) is 11.6 Å². The van der Waals surface area contributed by atoms with Gasteiger partial charge in [-0.05, 0) is 37.1 Å². The molecule has 1 heterocycles. The van der Waals surface area contributed by atoms with Crippen molar-refractivity contribution in [3.05, 3.63) is 59.4 Å². The number of benzene rings is 1. The molecule has 1 aliphatic rings. The monoisotopic (exact) mass is 317 g/mol. The molecule has 1 aromatic heterocycles. The van der Waals surface area contributed by atoms with Crippen LogP contribution < -0.4 is 10.6 Å². The summed E-state index contributed by atoms with van der Waals surface area (Å²) in [7, 11) is 0. The van der Waals surface area contributed by atoms with Crippen molar-refractivity contribution < 1.29 is 18.4 Å². The van der Waals surface area contributed by atoms with Gasteiger partial charge >= 0.3 is 0 Å².